The molecule has 0 aliphatic carbocycles. The maximum absolute atomic E-state index is 11.4. The lowest BCUT2D eigenvalue weighted by Gasteiger charge is -2.31. The fourth-order valence-electron chi connectivity index (χ4n) is 3.27. The maximum atomic E-state index is 11.4. The number of hydrogen-bond donors (Lipinski definition) is 1. The van der Waals surface area contributed by atoms with Gasteiger partial charge in [-0.1, -0.05) is 12.1 Å². The van der Waals surface area contributed by atoms with Crippen LogP contribution in [0.1, 0.15) is 18.5 Å². The summed E-state index contributed by atoms with van der Waals surface area (Å²) in [6.07, 6.45) is 3.96. The summed E-state index contributed by atoms with van der Waals surface area (Å²) >= 11 is 0. The minimum Gasteiger partial charge on any atom is -0.495 e. The first-order chi connectivity index (χ1) is 11.2. The lowest BCUT2D eigenvalue weighted by Crippen LogP contribution is -2.40. The van der Waals surface area contributed by atoms with E-state index in [1.807, 2.05) is 36.5 Å². The summed E-state index contributed by atoms with van der Waals surface area (Å²) in [6.45, 7) is 2.54. The molecule has 0 saturated carbocycles. The Balaban J connectivity index is 1.80. The van der Waals surface area contributed by atoms with Gasteiger partial charge in [-0.05, 0) is 43.7 Å². The predicted molar refractivity (Wildman–Crippen MR) is 89.5 cm³/mol. The third-order valence-electron chi connectivity index (χ3n) is 4.47. The molecule has 1 aliphatic heterocycles. The number of carbonyl (C=O) groups excluding carboxylic acids is 1. The van der Waals surface area contributed by atoms with E-state index < -0.39 is 0 Å². The molecule has 1 fully saturated rings. The molecule has 2 aromatic rings. The molecule has 1 aliphatic rings. The van der Waals surface area contributed by atoms with Crippen LogP contribution < -0.4 is 10.5 Å². The van der Waals surface area contributed by atoms with E-state index >= 15 is 0 Å². The summed E-state index contributed by atoms with van der Waals surface area (Å²) < 4.78 is 7.61. The third-order valence-corrected chi connectivity index (χ3v) is 4.47. The van der Waals surface area contributed by atoms with E-state index in [0.29, 0.717) is 0 Å². The lowest BCUT2D eigenvalue weighted by molar-refractivity contribution is -0.123. The molecule has 1 atom stereocenters. The first-order valence-electron chi connectivity index (χ1n) is 8.00. The van der Waals surface area contributed by atoms with Crippen LogP contribution in [-0.2, 0) is 11.3 Å². The monoisotopic (exact) mass is 313 g/mol. The van der Waals surface area contributed by atoms with E-state index in [1.54, 1.807) is 7.11 Å². The Kier molecular flexibility index (Phi) is 4.67. The minimum atomic E-state index is -0.185. The number of likely N-dealkylation sites (tertiary alicyclic amines) is 1. The molecule has 3 rings (SSSR count). The lowest BCUT2D eigenvalue weighted by atomic mass is 9.97. The van der Waals surface area contributed by atoms with Crippen LogP contribution in [0.3, 0.4) is 0 Å². The van der Waals surface area contributed by atoms with Crippen LogP contribution in [0.5, 0.6) is 5.75 Å². The van der Waals surface area contributed by atoms with Crippen molar-refractivity contribution in [1.29, 1.82) is 0 Å². The number of amides is 1. The van der Waals surface area contributed by atoms with Gasteiger partial charge in [0.05, 0.1) is 18.7 Å². The highest BCUT2D eigenvalue weighted by Gasteiger charge is 2.24. The number of ether oxygens (including phenoxy) is 1. The Morgan fingerprint density at radius 2 is 2.13 bits per heavy atom. The third kappa shape index (κ3) is 3.40. The zero-order valence-electron chi connectivity index (χ0n) is 13.4. The Labute approximate surface area is 136 Å². The van der Waals surface area contributed by atoms with E-state index in [-0.39, 0.29) is 11.8 Å². The molecule has 2 N–H and O–H groups in total. The average Bonchev–Trinajstić information content (AvgIpc) is 3.03. The number of aromatic nitrogens is 1. The largest absolute Gasteiger partial charge is 0.495 e. The van der Waals surface area contributed by atoms with Crippen molar-refractivity contribution in [1.82, 2.24) is 9.47 Å². The van der Waals surface area contributed by atoms with Crippen molar-refractivity contribution < 1.29 is 9.53 Å². The summed E-state index contributed by atoms with van der Waals surface area (Å²) in [4.78, 5) is 13.8. The minimum absolute atomic E-state index is 0.0292. The normalized spacial score (nSPS) is 18.7. The number of nitrogens with zero attached hydrogens (tertiary/aromatic N) is 2. The van der Waals surface area contributed by atoms with Crippen LogP contribution in [0.15, 0.2) is 42.6 Å². The second kappa shape index (κ2) is 6.87. The number of carbonyl (C=O) groups is 1. The molecule has 23 heavy (non-hydrogen) atoms. The molecule has 1 unspecified atom stereocenters. The van der Waals surface area contributed by atoms with Gasteiger partial charge in [-0.2, -0.15) is 0 Å². The first kappa shape index (κ1) is 15.6. The van der Waals surface area contributed by atoms with Gasteiger partial charge in [-0.3, -0.25) is 9.69 Å². The average molecular weight is 313 g/mol. The van der Waals surface area contributed by atoms with Gasteiger partial charge >= 0.3 is 0 Å². The highest BCUT2D eigenvalue weighted by molar-refractivity contribution is 5.76. The van der Waals surface area contributed by atoms with Gasteiger partial charge in [0.1, 0.15) is 5.75 Å². The number of benzene rings is 1. The number of hydrogen-bond acceptors (Lipinski definition) is 3. The molecule has 1 amide bonds. The fraction of sp³-hybridized carbons (Fsp3) is 0.389. The second-order valence-corrected chi connectivity index (χ2v) is 6.02. The summed E-state index contributed by atoms with van der Waals surface area (Å²) in [7, 11) is 1.68. The van der Waals surface area contributed by atoms with Gasteiger partial charge in [0, 0.05) is 25.0 Å². The highest BCUT2D eigenvalue weighted by Crippen LogP contribution is 2.25. The van der Waals surface area contributed by atoms with Gasteiger partial charge in [-0.15, -0.1) is 0 Å². The number of rotatable bonds is 5. The number of piperidine rings is 1. The summed E-state index contributed by atoms with van der Waals surface area (Å²) in [5, 5.41) is 0. The van der Waals surface area contributed by atoms with Gasteiger partial charge in [0.15, 0.2) is 0 Å². The van der Waals surface area contributed by atoms with Crippen molar-refractivity contribution in [2.45, 2.75) is 19.4 Å². The van der Waals surface area contributed by atoms with Crippen molar-refractivity contribution >= 4 is 5.91 Å². The van der Waals surface area contributed by atoms with Crippen LogP contribution in [0, 0.1) is 5.92 Å². The Hall–Kier alpha value is -2.27. The van der Waals surface area contributed by atoms with Crippen molar-refractivity contribution in [3.05, 3.63) is 48.3 Å². The quantitative estimate of drug-likeness (QED) is 0.920. The number of methoxy groups -OCH3 is 1. The van der Waals surface area contributed by atoms with Crippen LogP contribution in [0.2, 0.25) is 0 Å². The van der Waals surface area contributed by atoms with E-state index in [0.717, 1.165) is 43.9 Å². The van der Waals surface area contributed by atoms with Gasteiger partial charge in [0.2, 0.25) is 5.91 Å². The molecular formula is C18H23N3O2. The van der Waals surface area contributed by atoms with E-state index in [9.17, 15) is 4.79 Å². The summed E-state index contributed by atoms with van der Waals surface area (Å²) in [6, 6.07) is 12.1. The fourth-order valence-corrected chi connectivity index (χ4v) is 3.27. The molecule has 0 radical (unpaired) electrons. The second-order valence-electron chi connectivity index (χ2n) is 6.02. The smallest absolute Gasteiger partial charge is 0.221 e. The highest BCUT2D eigenvalue weighted by atomic mass is 16.5. The van der Waals surface area contributed by atoms with E-state index in [1.165, 1.54) is 5.69 Å². The van der Waals surface area contributed by atoms with Gasteiger partial charge < -0.3 is 15.0 Å². The Morgan fingerprint density at radius 1 is 1.30 bits per heavy atom. The van der Waals surface area contributed by atoms with Crippen LogP contribution in [0.25, 0.3) is 5.69 Å². The summed E-state index contributed by atoms with van der Waals surface area (Å²) in [5.41, 5.74) is 7.68. The predicted octanol–water partition coefficient (Wildman–Crippen LogP) is 2.18. The van der Waals surface area contributed by atoms with Crippen molar-refractivity contribution in [2.75, 3.05) is 20.2 Å². The molecule has 122 valence electrons. The van der Waals surface area contributed by atoms with Crippen LogP contribution in [0.4, 0.5) is 0 Å². The molecule has 0 spiro atoms. The van der Waals surface area contributed by atoms with Crippen LogP contribution in [-0.4, -0.2) is 35.6 Å². The summed E-state index contributed by atoms with van der Waals surface area (Å²) in [5.74, 6) is 0.631. The number of primary amides is 1. The number of nitrogens with two attached hydrogens (primary N) is 1. The van der Waals surface area contributed by atoms with Crippen LogP contribution >= 0.6 is 0 Å². The van der Waals surface area contributed by atoms with Crippen molar-refractivity contribution in [3.63, 3.8) is 0 Å². The van der Waals surface area contributed by atoms with E-state index in [2.05, 4.69) is 15.5 Å². The van der Waals surface area contributed by atoms with Gasteiger partial charge in [0.25, 0.3) is 0 Å². The number of para-hydroxylation sites is 2. The van der Waals surface area contributed by atoms with Gasteiger partial charge in [-0.25, -0.2) is 0 Å². The molecule has 1 aromatic heterocycles. The Bertz CT molecular complexity index is 680. The molecule has 1 aromatic carbocycles. The zero-order valence-corrected chi connectivity index (χ0v) is 13.4. The molecule has 0 bridgehead atoms. The Morgan fingerprint density at radius 3 is 2.91 bits per heavy atom. The SMILES string of the molecule is COc1ccccc1-n1cccc1CN1CCCC(C(N)=O)C1. The molecule has 5 nitrogen and oxygen atoms in total. The molecular weight excluding hydrogens is 290 g/mol. The van der Waals surface area contributed by atoms with Crippen molar-refractivity contribution in [3.8, 4) is 11.4 Å². The molecule has 1 saturated heterocycles. The molecule has 5 heteroatoms. The first-order valence-corrected chi connectivity index (χ1v) is 8.00. The standard InChI is InChI=1S/C18H23N3O2/c1-23-17-9-3-2-8-16(17)21-11-5-7-15(21)13-20-10-4-6-14(12-20)18(19)22/h2-3,5,7-9,11,14H,4,6,10,12-13H2,1H3,(H2,19,22). The topological polar surface area (TPSA) is 60.5 Å². The zero-order chi connectivity index (χ0) is 16.2. The van der Waals surface area contributed by atoms with Crippen molar-refractivity contribution in [2.24, 2.45) is 11.7 Å². The van der Waals surface area contributed by atoms with E-state index in [4.69, 9.17) is 10.5 Å². The molecule has 2 heterocycles. The maximum Gasteiger partial charge on any atom is 0.221 e.